The fraction of sp³-hybridized carbons (Fsp3) is 0.500. The first kappa shape index (κ1) is 13.1. The van der Waals surface area contributed by atoms with Gasteiger partial charge in [0.15, 0.2) is 0 Å². The van der Waals surface area contributed by atoms with E-state index in [0.29, 0.717) is 11.8 Å². The Hall–Kier alpha value is -1.30. The molecular weight excluding hydrogens is 296 g/mol. The van der Waals surface area contributed by atoms with Gasteiger partial charge in [0, 0.05) is 0 Å². The topological polar surface area (TPSA) is 64.7 Å². The van der Waals surface area contributed by atoms with Crippen LogP contribution in [0.1, 0.15) is 42.4 Å². The SMILES string of the molecule is CCc1nnc(C)cc1-c1nnc(C(Br)CC)o1. The standard InChI is InChI=1S/C12H15BrN4O/c1-4-9(13)12-17-16-11(18-12)8-6-7(3)14-15-10(8)5-2/h6,9H,4-5H2,1-3H3. The third-order valence-corrected chi connectivity index (χ3v) is 3.66. The summed E-state index contributed by atoms with van der Waals surface area (Å²) in [5.41, 5.74) is 2.59. The molecule has 96 valence electrons. The molecular formula is C12H15BrN4O. The zero-order valence-electron chi connectivity index (χ0n) is 10.6. The summed E-state index contributed by atoms with van der Waals surface area (Å²) in [6.07, 6.45) is 1.68. The minimum absolute atomic E-state index is 0.0970. The van der Waals surface area contributed by atoms with Gasteiger partial charge in [-0.15, -0.1) is 10.2 Å². The number of alkyl halides is 1. The lowest BCUT2D eigenvalue weighted by molar-refractivity contribution is 0.499. The summed E-state index contributed by atoms with van der Waals surface area (Å²) in [4.78, 5) is 0.0970. The van der Waals surface area contributed by atoms with E-state index in [1.165, 1.54) is 0 Å². The lowest BCUT2D eigenvalue weighted by Crippen LogP contribution is -1.97. The first-order chi connectivity index (χ1) is 8.65. The maximum absolute atomic E-state index is 5.68. The largest absolute Gasteiger partial charge is 0.419 e. The van der Waals surface area contributed by atoms with Crippen LogP contribution in [0.5, 0.6) is 0 Å². The molecule has 2 aromatic rings. The van der Waals surface area contributed by atoms with Crippen LogP contribution in [-0.2, 0) is 6.42 Å². The Balaban J connectivity index is 2.42. The van der Waals surface area contributed by atoms with Gasteiger partial charge in [0.1, 0.15) is 0 Å². The molecule has 0 aliphatic heterocycles. The van der Waals surface area contributed by atoms with E-state index >= 15 is 0 Å². The normalized spacial score (nSPS) is 12.7. The summed E-state index contributed by atoms with van der Waals surface area (Å²) in [5.74, 6) is 1.11. The molecule has 0 spiro atoms. The average molecular weight is 311 g/mol. The van der Waals surface area contributed by atoms with Crippen LogP contribution in [0.3, 0.4) is 0 Å². The Labute approximate surface area is 114 Å². The van der Waals surface area contributed by atoms with Crippen LogP contribution in [0.15, 0.2) is 10.5 Å². The number of halogens is 1. The lowest BCUT2D eigenvalue weighted by Gasteiger charge is -2.03. The highest BCUT2D eigenvalue weighted by Crippen LogP contribution is 2.28. The van der Waals surface area contributed by atoms with Gasteiger partial charge in [-0.3, -0.25) is 0 Å². The molecule has 18 heavy (non-hydrogen) atoms. The van der Waals surface area contributed by atoms with Gasteiger partial charge >= 0.3 is 0 Å². The van der Waals surface area contributed by atoms with E-state index in [1.54, 1.807) is 0 Å². The van der Waals surface area contributed by atoms with Crippen molar-refractivity contribution in [1.29, 1.82) is 0 Å². The fourth-order valence-corrected chi connectivity index (χ4v) is 1.79. The highest BCUT2D eigenvalue weighted by Gasteiger charge is 2.17. The van der Waals surface area contributed by atoms with E-state index in [4.69, 9.17) is 4.42 Å². The lowest BCUT2D eigenvalue weighted by atomic mass is 10.1. The Morgan fingerprint density at radius 3 is 2.67 bits per heavy atom. The van der Waals surface area contributed by atoms with Crippen LogP contribution < -0.4 is 0 Å². The summed E-state index contributed by atoms with van der Waals surface area (Å²) in [5, 5.41) is 16.4. The molecule has 2 rings (SSSR count). The van der Waals surface area contributed by atoms with Gasteiger partial charge in [-0.05, 0) is 25.8 Å². The molecule has 5 nitrogen and oxygen atoms in total. The minimum Gasteiger partial charge on any atom is -0.419 e. The molecule has 0 bridgehead atoms. The summed E-state index contributed by atoms with van der Waals surface area (Å²) < 4.78 is 5.68. The van der Waals surface area contributed by atoms with Crippen molar-refractivity contribution >= 4 is 15.9 Å². The highest BCUT2D eigenvalue weighted by atomic mass is 79.9. The predicted molar refractivity (Wildman–Crippen MR) is 71.4 cm³/mol. The van der Waals surface area contributed by atoms with Crippen molar-refractivity contribution in [3.05, 3.63) is 23.3 Å². The van der Waals surface area contributed by atoms with E-state index in [0.717, 1.165) is 29.8 Å². The van der Waals surface area contributed by atoms with Crippen molar-refractivity contribution in [2.24, 2.45) is 0 Å². The maximum Gasteiger partial charge on any atom is 0.249 e. The van der Waals surface area contributed by atoms with Crippen LogP contribution in [-0.4, -0.2) is 20.4 Å². The van der Waals surface area contributed by atoms with Crippen molar-refractivity contribution in [2.75, 3.05) is 0 Å². The number of rotatable bonds is 4. The Bertz CT molecular complexity index is 541. The van der Waals surface area contributed by atoms with Crippen LogP contribution in [0, 0.1) is 6.92 Å². The molecule has 0 radical (unpaired) electrons. The van der Waals surface area contributed by atoms with Gasteiger partial charge in [-0.1, -0.05) is 29.8 Å². The second-order valence-electron chi connectivity index (χ2n) is 4.02. The van der Waals surface area contributed by atoms with Gasteiger partial charge < -0.3 is 4.42 Å². The number of nitrogens with zero attached hydrogens (tertiary/aromatic N) is 4. The average Bonchev–Trinajstić information content (AvgIpc) is 2.87. The summed E-state index contributed by atoms with van der Waals surface area (Å²) in [7, 11) is 0. The quantitative estimate of drug-likeness (QED) is 0.811. The molecule has 2 aromatic heterocycles. The molecule has 0 aliphatic rings. The van der Waals surface area contributed by atoms with Gasteiger partial charge in [-0.25, -0.2) is 0 Å². The Kier molecular flexibility index (Phi) is 4.06. The van der Waals surface area contributed by atoms with Crippen molar-refractivity contribution in [3.8, 4) is 11.5 Å². The second-order valence-corrected chi connectivity index (χ2v) is 5.13. The van der Waals surface area contributed by atoms with Crippen molar-refractivity contribution in [2.45, 2.75) is 38.4 Å². The van der Waals surface area contributed by atoms with E-state index in [9.17, 15) is 0 Å². The van der Waals surface area contributed by atoms with E-state index in [1.807, 2.05) is 19.9 Å². The van der Waals surface area contributed by atoms with Crippen LogP contribution in [0.4, 0.5) is 0 Å². The predicted octanol–water partition coefficient (Wildman–Crippen LogP) is 3.24. The monoisotopic (exact) mass is 310 g/mol. The van der Waals surface area contributed by atoms with E-state index in [2.05, 4.69) is 43.2 Å². The zero-order valence-corrected chi connectivity index (χ0v) is 12.2. The van der Waals surface area contributed by atoms with Crippen LogP contribution >= 0.6 is 15.9 Å². The fourth-order valence-electron chi connectivity index (χ4n) is 1.61. The van der Waals surface area contributed by atoms with Gasteiger partial charge in [0.25, 0.3) is 0 Å². The summed E-state index contributed by atoms with van der Waals surface area (Å²) in [6.45, 7) is 5.98. The molecule has 6 heteroatoms. The van der Waals surface area contributed by atoms with Gasteiger partial charge in [-0.2, -0.15) is 10.2 Å². The molecule has 0 aromatic carbocycles. The molecule has 0 N–H and O–H groups in total. The molecule has 1 atom stereocenters. The van der Waals surface area contributed by atoms with E-state index < -0.39 is 0 Å². The smallest absolute Gasteiger partial charge is 0.249 e. The third-order valence-electron chi connectivity index (χ3n) is 2.62. The molecule has 0 amide bonds. The zero-order chi connectivity index (χ0) is 13.1. The molecule has 1 unspecified atom stereocenters. The van der Waals surface area contributed by atoms with Crippen molar-refractivity contribution in [3.63, 3.8) is 0 Å². The molecule has 0 fully saturated rings. The van der Waals surface area contributed by atoms with Crippen LogP contribution in [0.25, 0.3) is 11.5 Å². The molecule has 0 saturated heterocycles. The minimum atomic E-state index is 0.0970. The molecule has 0 aliphatic carbocycles. The third kappa shape index (κ3) is 2.58. The van der Waals surface area contributed by atoms with Gasteiger partial charge in [0.05, 0.1) is 21.8 Å². The number of aryl methyl sites for hydroxylation is 2. The summed E-state index contributed by atoms with van der Waals surface area (Å²) in [6, 6.07) is 1.93. The van der Waals surface area contributed by atoms with E-state index in [-0.39, 0.29) is 4.83 Å². The first-order valence-corrected chi connectivity index (χ1v) is 6.88. The van der Waals surface area contributed by atoms with Crippen molar-refractivity contribution < 1.29 is 4.42 Å². The maximum atomic E-state index is 5.68. The van der Waals surface area contributed by atoms with Crippen molar-refractivity contribution in [1.82, 2.24) is 20.4 Å². The van der Waals surface area contributed by atoms with Crippen LogP contribution in [0.2, 0.25) is 0 Å². The van der Waals surface area contributed by atoms with Gasteiger partial charge in [0.2, 0.25) is 11.8 Å². The molecule has 0 saturated carbocycles. The highest BCUT2D eigenvalue weighted by molar-refractivity contribution is 9.09. The number of aromatic nitrogens is 4. The molecule has 2 heterocycles. The summed E-state index contributed by atoms with van der Waals surface area (Å²) >= 11 is 3.50. The number of hydrogen-bond donors (Lipinski definition) is 0. The Morgan fingerprint density at radius 1 is 1.22 bits per heavy atom. The Morgan fingerprint density at radius 2 is 2.00 bits per heavy atom. The first-order valence-electron chi connectivity index (χ1n) is 5.96. The number of hydrogen-bond acceptors (Lipinski definition) is 5. The second kappa shape index (κ2) is 5.56.